The molecular formula is C13H11BrF4N4. The predicted octanol–water partition coefficient (Wildman–Crippen LogP) is 3.21. The molecule has 0 amide bonds. The zero-order valence-electron chi connectivity index (χ0n) is 11.2. The van der Waals surface area contributed by atoms with Crippen LogP contribution in [0.1, 0.15) is 17.2 Å². The molecular weight excluding hydrogens is 368 g/mol. The fourth-order valence-corrected chi connectivity index (χ4v) is 2.75. The lowest BCUT2D eigenvalue weighted by Crippen LogP contribution is -2.34. The molecule has 1 aromatic heterocycles. The fraction of sp³-hybridized carbons (Fsp3) is 0.385. The number of benzene rings is 1. The Morgan fingerprint density at radius 3 is 2.73 bits per heavy atom. The maximum absolute atomic E-state index is 13.8. The molecule has 0 atom stereocenters. The summed E-state index contributed by atoms with van der Waals surface area (Å²) < 4.78 is 53.6. The molecule has 2 aromatic rings. The van der Waals surface area contributed by atoms with Crippen LogP contribution >= 0.6 is 15.9 Å². The van der Waals surface area contributed by atoms with E-state index in [0.717, 1.165) is 4.47 Å². The summed E-state index contributed by atoms with van der Waals surface area (Å²) in [6.45, 7) is 1.29. The summed E-state index contributed by atoms with van der Waals surface area (Å²) in [5.41, 5.74) is 0.485. The Bertz CT molecular complexity index is 698. The van der Waals surface area contributed by atoms with Gasteiger partial charge in [0.05, 0.1) is 13.1 Å². The molecule has 0 saturated heterocycles. The predicted molar refractivity (Wildman–Crippen MR) is 73.2 cm³/mol. The van der Waals surface area contributed by atoms with Gasteiger partial charge < -0.3 is 0 Å². The Labute approximate surface area is 131 Å². The highest BCUT2D eigenvalue weighted by molar-refractivity contribution is 9.10. The Morgan fingerprint density at radius 2 is 2.00 bits per heavy atom. The standard InChI is InChI=1S/C13H11BrF4N4/c14-9-1-2-10(15)8(5-9)6-21-3-4-22-11(7-21)19-12(20-22)13(16,17)18/h1-2,5H,3-4,6-7H2. The van der Waals surface area contributed by atoms with Gasteiger partial charge in [-0.3, -0.25) is 4.90 Å². The summed E-state index contributed by atoms with van der Waals surface area (Å²) in [4.78, 5) is 5.38. The Morgan fingerprint density at radius 1 is 1.23 bits per heavy atom. The Hall–Kier alpha value is -1.48. The summed E-state index contributed by atoms with van der Waals surface area (Å²) in [6, 6.07) is 4.62. The lowest BCUT2D eigenvalue weighted by molar-refractivity contribution is -0.145. The zero-order valence-corrected chi connectivity index (χ0v) is 12.8. The molecule has 1 aliphatic rings. The van der Waals surface area contributed by atoms with Crippen LogP contribution in [-0.4, -0.2) is 26.2 Å². The quantitative estimate of drug-likeness (QED) is 0.752. The van der Waals surface area contributed by atoms with Crippen molar-refractivity contribution in [2.45, 2.75) is 25.8 Å². The third-order valence-corrected chi connectivity index (χ3v) is 3.89. The van der Waals surface area contributed by atoms with Crippen molar-refractivity contribution in [1.82, 2.24) is 19.7 Å². The third kappa shape index (κ3) is 3.14. The summed E-state index contributed by atoms with van der Waals surface area (Å²) >= 11 is 3.28. The molecule has 0 spiro atoms. The zero-order chi connectivity index (χ0) is 15.9. The molecule has 0 N–H and O–H groups in total. The van der Waals surface area contributed by atoms with E-state index in [1.165, 1.54) is 10.7 Å². The molecule has 2 heterocycles. The Balaban J connectivity index is 1.77. The normalized spacial score (nSPS) is 15.9. The first kappa shape index (κ1) is 15.4. The van der Waals surface area contributed by atoms with Crippen molar-refractivity contribution < 1.29 is 17.6 Å². The molecule has 118 valence electrons. The molecule has 4 nitrogen and oxygen atoms in total. The minimum atomic E-state index is -4.55. The van der Waals surface area contributed by atoms with Gasteiger partial charge in [-0.2, -0.15) is 13.2 Å². The van der Waals surface area contributed by atoms with Gasteiger partial charge in [0.15, 0.2) is 0 Å². The number of hydrogen-bond acceptors (Lipinski definition) is 3. The van der Waals surface area contributed by atoms with E-state index in [2.05, 4.69) is 26.0 Å². The minimum Gasteiger partial charge on any atom is -0.290 e. The van der Waals surface area contributed by atoms with Crippen LogP contribution in [0.3, 0.4) is 0 Å². The van der Waals surface area contributed by atoms with E-state index < -0.39 is 12.0 Å². The largest absolute Gasteiger partial charge is 0.453 e. The number of nitrogens with zero attached hydrogens (tertiary/aromatic N) is 4. The minimum absolute atomic E-state index is 0.203. The van der Waals surface area contributed by atoms with Gasteiger partial charge in [0.1, 0.15) is 11.6 Å². The van der Waals surface area contributed by atoms with Crippen LogP contribution in [0.15, 0.2) is 22.7 Å². The first-order valence-corrected chi connectivity index (χ1v) is 7.29. The molecule has 0 fully saturated rings. The highest BCUT2D eigenvalue weighted by Crippen LogP contribution is 2.27. The summed E-state index contributed by atoms with van der Waals surface area (Å²) in [5.74, 6) is -1.22. The van der Waals surface area contributed by atoms with Crippen LogP contribution in [0.25, 0.3) is 0 Å². The van der Waals surface area contributed by atoms with Crippen molar-refractivity contribution in [3.05, 3.63) is 45.7 Å². The van der Waals surface area contributed by atoms with Crippen molar-refractivity contribution in [3.8, 4) is 0 Å². The van der Waals surface area contributed by atoms with E-state index in [0.29, 0.717) is 25.2 Å². The van der Waals surface area contributed by atoms with Crippen LogP contribution in [0.5, 0.6) is 0 Å². The van der Waals surface area contributed by atoms with E-state index in [-0.39, 0.29) is 18.2 Å². The summed E-state index contributed by atoms with van der Waals surface area (Å²) in [6.07, 6.45) is -4.55. The second-order valence-electron chi connectivity index (χ2n) is 5.02. The first-order valence-electron chi connectivity index (χ1n) is 6.50. The molecule has 22 heavy (non-hydrogen) atoms. The van der Waals surface area contributed by atoms with Crippen LogP contribution < -0.4 is 0 Å². The van der Waals surface area contributed by atoms with Crippen LogP contribution in [0.2, 0.25) is 0 Å². The van der Waals surface area contributed by atoms with Crippen LogP contribution in [0.4, 0.5) is 17.6 Å². The number of alkyl halides is 3. The fourth-order valence-electron chi connectivity index (χ4n) is 2.35. The molecule has 3 rings (SSSR count). The molecule has 0 bridgehead atoms. The van der Waals surface area contributed by atoms with Gasteiger partial charge in [0.2, 0.25) is 0 Å². The maximum Gasteiger partial charge on any atom is 0.453 e. The molecule has 1 aromatic carbocycles. The number of rotatable bonds is 2. The average Bonchev–Trinajstić information content (AvgIpc) is 2.86. The molecule has 0 unspecified atom stereocenters. The third-order valence-electron chi connectivity index (χ3n) is 3.40. The number of hydrogen-bond donors (Lipinski definition) is 0. The van der Waals surface area contributed by atoms with Crippen molar-refractivity contribution >= 4 is 15.9 Å². The van der Waals surface area contributed by atoms with E-state index >= 15 is 0 Å². The summed E-state index contributed by atoms with van der Waals surface area (Å²) in [7, 11) is 0. The lowest BCUT2D eigenvalue weighted by atomic mass is 10.2. The van der Waals surface area contributed by atoms with E-state index in [4.69, 9.17) is 0 Å². The smallest absolute Gasteiger partial charge is 0.290 e. The topological polar surface area (TPSA) is 34.0 Å². The number of aromatic nitrogens is 3. The number of fused-ring (bicyclic) bond motifs is 1. The van der Waals surface area contributed by atoms with Gasteiger partial charge in [0, 0.05) is 23.1 Å². The Kier molecular flexibility index (Phi) is 3.94. The SMILES string of the molecule is Fc1ccc(Br)cc1CN1CCn2nc(C(F)(F)F)nc2C1. The van der Waals surface area contributed by atoms with Crippen LogP contribution in [-0.2, 0) is 25.8 Å². The van der Waals surface area contributed by atoms with Gasteiger partial charge in [-0.15, -0.1) is 5.10 Å². The van der Waals surface area contributed by atoms with Gasteiger partial charge in [0.25, 0.3) is 5.82 Å². The van der Waals surface area contributed by atoms with Crippen molar-refractivity contribution in [1.29, 1.82) is 0 Å². The second-order valence-corrected chi connectivity index (χ2v) is 5.93. The summed E-state index contributed by atoms with van der Waals surface area (Å²) in [5, 5.41) is 3.47. The molecule has 0 saturated carbocycles. The maximum atomic E-state index is 13.8. The average molecular weight is 379 g/mol. The van der Waals surface area contributed by atoms with Gasteiger partial charge in [-0.25, -0.2) is 14.1 Å². The number of halogens is 5. The highest BCUT2D eigenvalue weighted by Gasteiger charge is 2.37. The van der Waals surface area contributed by atoms with Crippen molar-refractivity contribution in [3.63, 3.8) is 0 Å². The molecule has 0 aliphatic carbocycles. The molecule has 1 aliphatic heterocycles. The van der Waals surface area contributed by atoms with Crippen molar-refractivity contribution in [2.75, 3.05) is 6.54 Å². The van der Waals surface area contributed by atoms with Crippen LogP contribution in [0, 0.1) is 5.82 Å². The lowest BCUT2D eigenvalue weighted by Gasteiger charge is -2.26. The van der Waals surface area contributed by atoms with Gasteiger partial charge >= 0.3 is 6.18 Å². The van der Waals surface area contributed by atoms with E-state index in [1.807, 2.05) is 4.90 Å². The van der Waals surface area contributed by atoms with E-state index in [1.54, 1.807) is 12.1 Å². The molecule has 0 radical (unpaired) electrons. The second kappa shape index (κ2) is 5.62. The highest BCUT2D eigenvalue weighted by atomic mass is 79.9. The van der Waals surface area contributed by atoms with E-state index in [9.17, 15) is 17.6 Å². The monoisotopic (exact) mass is 378 g/mol. The van der Waals surface area contributed by atoms with Crippen molar-refractivity contribution in [2.24, 2.45) is 0 Å². The molecule has 9 heteroatoms. The van der Waals surface area contributed by atoms with Gasteiger partial charge in [-0.1, -0.05) is 15.9 Å². The van der Waals surface area contributed by atoms with Gasteiger partial charge in [-0.05, 0) is 18.2 Å². The first-order chi connectivity index (χ1) is 10.3.